The van der Waals surface area contributed by atoms with Gasteiger partial charge in [-0.3, -0.25) is 0 Å². The van der Waals surface area contributed by atoms with Crippen molar-refractivity contribution < 1.29 is 0 Å². The van der Waals surface area contributed by atoms with Gasteiger partial charge in [-0.05, 0) is 27.6 Å². The van der Waals surface area contributed by atoms with Crippen molar-refractivity contribution in [1.82, 2.24) is 0 Å². The highest BCUT2D eigenvalue weighted by atomic mass is 14.0. The Bertz CT molecular complexity index is 770. The van der Waals surface area contributed by atoms with E-state index in [0.29, 0.717) is 0 Å². The summed E-state index contributed by atoms with van der Waals surface area (Å²) < 4.78 is 0. The molecule has 3 aromatic rings. The Morgan fingerprint density at radius 2 is 1.61 bits per heavy atom. The number of benzene rings is 3. The van der Waals surface area contributed by atoms with Gasteiger partial charge in [0.15, 0.2) is 0 Å². The average molecular weight is 230 g/mol. The predicted molar refractivity (Wildman–Crippen MR) is 78.6 cm³/mol. The topological polar surface area (TPSA) is 0 Å². The molecule has 0 fully saturated rings. The zero-order valence-corrected chi connectivity index (χ0v) is 10.4. The van der Waals surface area contributed by atoms with Crippen molar-refractivity contribution in [3.63, 3.8) is 0 Å². The van der Waals surface area contributed by atoms with Crippen LogP contribution in [0.5, 0.6) is 0 Å². The first-order valence-electron chi connectivity index (χ1n) is 6.29. The van der Waals surface area contributed by atoms with Crippen LogP contribution in [0.3, 0.4) is 0 Å². The van der Waals surface area contributed by atoms with Crippen molar-refractivity contribution in [2.24, 2.45) is 0 Å². The highest BCUT2D eigenvalue weighted by Gasteiger charge is 2.02. The van der Waals surface area contributed by atoms with Gasteiger partial charge in [0.25, 0.3) is 0 Å². The lowest BCUT2D eigenvalue weighted by molar-refractivity contribution is 1.28. The maximum Gasteiger partial charge on any atom is 0.0323 e. The third-order valence-corrected chi connectivity index (χ3v) is 3.19. The second-order valence-corrected chi connectivity index (χ2v) is 4.34. The maximum atomic E-state index is 3.25. The molecule has 0 aliphatic rings. The molecule has 0 aliphatic heterocycles. The fourth-order valence-electron chi connectivity index (χ4n) is 2.33. The fraction of sp³-hybridized carbons (Fsp3) is 0.111. The summed E-state index contributed by atoms with van der Waals surface area (Å²) in [5, 5.41) is 5.12. The Labute approximate surface area is 107 Å². The SMILES string of the molecule is CCC#Cc1cccc2c1ccc1ccccc12. The molecule has 0 heterocycles. The second-order valence-electron chi connectivity index (χ2n) is 4.34. The van der Waals surface area contributed by atoms with Crippen LogP contribution in [0.15, 0.2) is 54.6 Å². The van der Waals surface area contributed by atoms with E-state index < -0.39 is 0 Å². The van der Waals surface area contributed by atoms with Gasteiger partial charge < -0.3 is 0 Å². The Balaban J connectivity index is 2.40. The smallest absolute Gasteiger partial charge is 0.0323 e. The standard InChI is InChI=1S/C18H14/c1-2-3-7-14-9-6-11-18-16-10-5-4-8-15(16)12-13-17(14)18/h4-6,8-13H,2H2,1H3. The normalized spacial score (nSPS) is 10.3. The molecule has 0 radical (unpaired) electrons. The zero-order valence-electron chi connectivity index (χ0n) is 10.4. The number of rotatable bonds is 0. The van der Waals surface area contributed by atoms with E-state index in [2.05, 4.69) is 73.4 Å². The van der Waals surface area contributed by atoms with E-state index in [0.717, 1.165) is 12.0 Å². The van der Waals surface area contributed by atoms with Gasteiger partial charge in [0, 0.05) is 12.0 Å². The Morgan fingerprint density at radius 1 is 0.778 bits per heavy atom. The third kappa shape index (κ3) is 1.75. The van der Waals surface area contributed by atoms with E-state index >= 15 is 0 Å². The first-order valence-corrected chi connectivity index (χ1v) is 6.29. The molecular formula is C18H14. The van der Waals surface area contributed by atoms with Crippen LogP contribution in [0, 0.1) is 11.8 Å². The van der Waals surface area contributed by atoms with Crippen molar-refractivity contribution >= 4 is 21.5 Å². The summed E-state index contributed by atoms with van der Waals surface area (Å²) >= 11 is 0. The highest BCUT2D eigenvalue weighted by Crippen LogP contribution is 2.27. The Hall–Kier alpha value is -2.26. The monoisotopic (exact) mass is 230 g/mol. The van der Waals surface area contributed by atoms with Crippen LogP contribution in [0.25, 0.3) is 21.5 Å². The largest absolute Gasteiger partial charge is 0.0982 e. The summed E-state index contributed by atoms with van der Waals surface area (Å²) in [7, 11) is 0. The molecule has 0 spiro atoms. The Morgan fingerprint density at radius 3 is 2.50 bits per heavy atom. The van der Waals surface area contributed by atoms with E-state index in [-0.39, 0.29) is 0 Å². The van der Waals surface area contributed by atoms with E-state index in [1.165, 1.54) is 21.5 Å². The minimum absolute atomic E-state index is 0.893. The van der Waals surface area contributed by atoms with Crippen LogP contribution in [0.4, 0.5) is 0 Å². The van der Waals surface area contributed by atoms with Crippen molar-refractivity contribution in [2.75, 3.05) is 0 Å². The molecule has 0 N–H and O–H groups in total. The minimum atomic E-state index is 0.893. The third-order valence-electron chi connectivity index (χ3n) is 3.19. The second kappa shape index (κ2) is 4.55. The van der Waals surface area contributed by atoms with Crippen molar-refractivity contribution in [1.29, 1.82) is 0 Å². The zero-order chi connectivity index (χ0) is 12.4. The summed E-state index contributed by atoms with van der Waals surface area (Å²) in [5.74, 6) is 6.41. The predicted octanol–water partition coefficient (Wildman–Crippen LogP) is 4.75. The molecule has 0 unspecified atom stereocenters. The quantitative estimate of drug-likeness (QED) is 0.386. The fourth-order valence-corrected chi connectivity index (χ4v) is 2.33. The van der Waals surface area contributed by atoms with Crippen molar-refractivity contribution in [3.05, 3.63) is 60.2 Å². The van der Waals surface area contributed by atoms with Crippen LogP contribution in [-0.4, -0.2) is 0 Å². The molecular weight excluding hydrogens is 216 g/mol. The lowest BCUT2D eigenvalue weighted by Gasteiger charge is -2.05. The van der Waals surface area contributed by atoms with E-state index in [1.807, 2.05) is 0 Å². The number of hydrogen-bond acceptors (Lipinski definition) is 0. The molecule has 0 saturated carbocycles. The molecule has 86 valence electrons. The molecule has 0 nitrogen and oxygen atoms in total. The summed E-state index contributed by atoms with van der Waals surface area (Å²) in [6.45, 7) is 2.08. The van der Waals surface area contributed by atoms with Gasteiger partial charge in [0.1, 0.15) is 0 Å². The van der Waals surface area contributed by atoms with Crippen LogP contribution in [-0.2, 0) is 0 Å². The van der Waals surface area contributed by atoms with Gasteiger partial charge in [0.2, 0.25) is 0 Å². The molecule has 3 aromatic carbocycles. The summed E-state index contributed by atoms with van der Waals surface area (Å²) in [6.07, 6.45) is 0.893. The summed E-state index contributed by atoms with van der Waals surface area (Å²) in [6, 6.07) is 19.2. The molecule has 0 bridgehead atoms. The molecule has 0 aromatic heterocycles. The molecule has 0 heteroatoms. The summed E-state index contributed by atoms with van der Waals surface area (Å²) in [4.78, 5) is 0. The molecule has 0 amide bonds. The van der Waals surface area contributed by atoms with Crippen LogP contribution >= 0.6 is 0 Å². The van der Waals surface area contributed by atoms with Crippen LogP contribution in [0.1, 0.15) is 18.9 Å². The number of hydrogen-bond donors (Lipinski definition) is 0. The van der Waals surface area contributed by atoms with Crippen molar-refractivity contribution in [2.45, 2.75) is 13.3 Å². The van der Waals surface area contributed by atoms with Gasteiger partial charge in [-0.15, -0.1) is 0 Å². The highest BCUT2D eigenvalue weighted by molar-refractivity contribution is 6.09. The maximum absolute atomic E-state index is 3.25. The lowest BCUT2D eigenvalue weighted by Crippen LogP contribution is -1.81. The molecule has 0 saturated heterocycles. The minimum Gasteiger partial charge on any atom is -0.0982 e. The lowest BCUT2D eigenvalue weighted by atomic mass is 9.98. The molecule has 18 heavy (non-hydrogen) atoms. The Kier molecular flexibility index (Phi) is 2.74. The van der Waals surface area contributed by atoms with Gasteiger partial charge in [-0.25, -0.2) is 0 Å². The first kappa shape index (κ1) is 10.9. The van der Waals surface area contributed by atoms with E-state index in [9.17, 15) is 0 Å². The van der Waals surface area contributed by atoms with Gasteiger partial charge >= 0.3 is 0 Å². The van der Waals surface area contributed by atoms with Crippen molar-refractivity contribution in [3.8, 4) is 11.8 Å². The van der Waals surface area contributed by atoms with E-state index in [1.54, 1.807) is 0 Å². The molecule has 0 atom stereocenters. The molecule has 0 aliphatic carbocycles. The summed E-state index contributed by atoms with van der Waals surface area (Å²) in [5.41, 5.74) is 1.13. The van der Waals surface area contributed by atoms with Gasteiger partial charge in [-0.1, -0.05) is 67.3 Å². The first-order chi connectivity index (χ1) is 8.90. The van der Waals surface area contributed by atoms with E-state index in [4.69, 9.17) is 0 Å². The van der Waals surface area contributed by atoms with Crippen LogP contribution in [0.2, 0.25) is 0 Å². The average Bonchev–Trinajstić information content (AvgIpc) is 2.44. The van der Waals surface area contributed by atoms with Gasteiger partial charge in [-0.2, -0.15) is 0 Å². The number of fused-ring (bicyclic) bond motifs is 3. The molecule has 3 rings (SSSR count). The van der Waals surface area contributed by atoms with Gasteiger partial charge in [0.05, 0.1) is 0 Å². The van der Waals surface area contributed by atoms with Crippen LogP contribution < -0.4 is 0 Å².